The first-order valence-electron chi connectivity index (χ1n) is 6.24. The van der Waals surface area contributed by atoms with Crippen LogP contribution in [0.2, 0.25) is 0 Å². The SMILES string of the molecule is Cn1c(=S)[nH]c2cc(C(=O)NC(C)(C)C)ccc2c1=O. The van der Waals surface area contributed by atoms with Crippen LogP contribution in [0.15, 0.2) is 23.0 Å². The summed E-state index contributed by atoms with van der Waals surface area (Å²) in [4.78, 5) is 27.1. The zero-order valence-corrected chi connectivity index (χ0v) is 12.7. The summed E-state index contributed by atoms with van der Waals surface area (Å²) in [5.41, 5.74) is 0.573. The van der Waals surface area contributed by atoms with Crippen LogP contribution in [-0.2, 0) is 7.05 Å². The fourth-order valence-electron chi connectivity index (χ4n) is 1.86. The summed E-state index contributed by atoms with van der Waals surface area (Å²) in [6.45, 7) is 5.74. The molecule has 1 amide bonds. The van der Waals surface area contributed by atoms with E-state index in [1.165, 1.54) is 4.57 Å². The van der Waals surface area contributed by atoms with E-state index in [-0.39, 0.29) is 17.0 Å². The molecule has 0 aliphatic carbocycles. The molecule has 0 atom stereocenters. The van der Waals surface area contributed by atoms with E-state index >= 15 is 0 Å². The van der Waals surface area contributed by atoms with Gasteiger partial charge in [0, 0.05) is 18.2 Å². The van der Waals surface area contributed by atoms with Crippen LogP contribution < -0.4 is 10.9 Å². The lowest BCUT2D eigenvalue weighted by molar-refractivity contribution is 0.0919. The molecule has 1 aromatic carbocycles. The maximum Gasteiger partial charge on any atom is 0.261 e. The molecule has 2 N–H and O–H groups in total. The summed E-state index contributed by atoms with van der Waals surface area (Å²) in [6, 6.07) is 4.93. The van der Waals surface area contributed by atoms with Crippen molar-refractivity contribution in [3.63, 3.8) is 0 Å². The van der Waals surface area contributed by atoms with Crippen molar-refractivity contribution in [2.45, 2.75) is 26.3 Å². The number of nitrogens with one attached hydrogen (secondary N) is 2. The number of H-pyrrole nitrogens is 1. The number of hydrogen-bond donors (Lipinski definition) is 2. The van der Waals surface area contributed by atoms with Crippen LogP contribution in [0.1, 0.15) is 31.1 Å². The van der Waals surface area contributed by atoms with Gasteiger partial charge in [0.15, 0.2) is 4.77 Å². The van der Waals surface area contributed by atoms with Crippen LogP contribution in [0.3, 0.4) is 0 Å². The Bertz CT molecular complexity index is 797. The van der Waals surface area contributed by atoms with Gasteiger partial charge in [-0.25, -0.2) is 0 Å². The summed E-state index contributed by atoms with van der Waals surface area (Å²) in [7, 11) is 1.61. The third-order valence-electron chi connectivity index (χ3n) is 2.85. The highest BCUT2D eigenvalue weighted by molar-refractivity contribution is 7.71. The maximum atomic E-state index is 12.1. The third-order valence-corrected chi connectivity index (χ3v) is 3.23. The number of fused-ring (bicyclic) bond motifs is 1. The molecule has 0 spiro atoms. The minimum absolute atomic E-state index is 0.175. The van der Waals surface area contributed by atoms with Crippen LogP contribution in [-0.4, -0.2) is 21.0 Å². The van der Waals surface area contributed by atoms with Crippen molar-refractivity contribution in [3.8, 4) is 0 Å². The second-order valence-corrected chi connectivity index (χ2v) is 6.15. The first-order valence-corrected chi connectivity index (χ1v) is 6.65. The quantitative estimate of drug-likeness (QED) is 0.791. The standard InChI is InChI=1S/C14H17N3O2S/c1-14(2,3)16-11(18)8-5-6-9-10(7-8)15-13(20)17(4)12(9)19/h5-7H,1-4H3,(H,15,20)(H,16,18). The van der Waals surface area contributed by atoms with Crippen molar-refractivity contribution in [3.05, 3.63) is 38.9 Å². The lowest BCUT2D eigenvalue weighted by Crippen LogP contribution is -2.40. The second-order valence-electron chi connectivity index (χ2n) is 5.76. The Hall–Kier alpha value is -1.95. The van der Waals surface area contributed by atoms with Crippen LogP contribution in [0.5, 0.6) is 0 Å². The molecule has 2 rings (SSSR count). The minimum Gasteiger partial charge on any atom is -0.347 e. The summed E-state index contributed by atoms with van der Waals surface area (Å²) >= 11 is 5.07. The fourth-order valence-corrected chi connectivity index (χ4v) is 2.05. The molecule has 2 aromatic rings. The predicted octanol–water partition coefficient (Wildman–Crippen LogP) is 2.12. The number of carbonyl (C=O) groups excluding carboxylic acids is 1. The van der Waals surface area contributed by atoms with Crippen molar-refractivity contribution in [2.75, 3.05) is 0 Å². The Morgan fingerprint density at radius 1 is 1.35 bits per heavy atom. The van der Waals surface area contributed by atoms with Gasteiger partial charge in [-0.15, -0.1) is 0 Å². The van der Waals surface area contributed by atoms with Gasteiger partial charge in [0.05, 0.1) is 10.9 Å². The molecule has 0 bridgehead atoms. The van der Waals surface area contributed by atoms with Crippen molar-refractivity contribution < 1.29 is 4.79 Å². The highest BCUT2D eigenvalue weighted by Crippen LogP contribution is 2.12. The number of aromatic nitrogens is 2. The lowest BCUT2D eigenvalue weighted by Gasteiger charge is -2.20. The molecule has 0 radical (unpaired) electrons. The molecule has 5 nitrogen and oxygen atoms in total. The Morgan fingerprint density at radius 2 is 2.00 bits per heavy atom. The Labute approximate surface area is 121 Å². The predicted molar refractivity (Wildman–Crippen MR) is 81.6 cm³/mol. The van der Waals surface area contributed by atoms with Gasteiger partial charge in [0.1, 0.15) is 0 Å². The molecule has 0 saturated heterocycles. The molecule has 0 aliphatic rings. The topological polar surface area (TPSA) is 66.9 Å². The number of hydrogen-bond acceptors (Lipinski definition) is 3. The van der Waals surface area contributed by atoms with E-state index in [9.17, 15) is 9.59 Å². The molecule has 0 unspecified atom stereocenters. The minimum atomic E-state index is -0.314. The molecule has 106 valence electrons. The number of benzene rings is 1. The highest BCUT2D eigenvalue weighted by Gasteiger charge is 2.16. The first kappa shape index (κ1) is 14.5. The normalized spacial score (nSPS) is 11.6. The van der Waals surface area contributed by atoms with Gasteiger partial charge >= 0.3 is 0 Å². The number of nitrogens with zero attached hydrogens (tertiary/aromatic N) is 1. The van der Waals surface area contributed by atoms with E-state index in [2.05, 4.69) is 10.3 Å². The summed E-state index contributed by atoms with van der Waals surface area (Å²) < 4.78 is 1.70. The number of carbonyl (C=O) groups is 1. The molecule has 1 heterocycles. The van der Waals surface area contributed by atoms with Crippen LogP contribution in [0.4, 0.5) is 0 Å². The van der Waals surface area contributed by atoms with E-state index in [1.54, 1.807) is 25.2 Å². The molecular weight excluding hydrogens is 274 g/mol. The Kier molecular flexibility index (Phi) is 3.52. The average molecular weight is 291 g/mol. The van der Waals surface area contributed by atoms with Gasteiger partial charge in [-0.1, -0.05) is 0 Å². The molecule has 0 aliphatic heterocycles. The molecule has 0 saturated carbocycles. The Morgan fingerprint density at radius 3 is 2.60 bits per heavy atom. The highest BCUT2D eigenvalue weighted by atomic mass is 32.1. The van der Waals surface area contributed by atoms with E-state index in [0.29, 0.717) is 21.2 Å². The molecular formula is C14H17N3O2S. The second kappa shape index (κ2) is 4.86. The third kappa shape index (κ3) is 2.80. The van der Waals surface area contributed by atoms with Gasteiger partial charge in [0.2, 0.25) is 0 Å². The number of amides is 1. The van der Waals surface area contributed by atoms with Crippen LogP contribution in [0, 0.1) is 4.77 Å². The van der Waals surface area contributed by atoms with E-state index in [1.807, 2.05) is 20.8 Å². The summed E-state index contributed by atoms with van der Waals surface area (Å²) in [5, 5.41) is 3.39. The van der Waals surface area contributed by atoms with Crippen molar-refractivity contribution in [2.24, 2.45) is 7.05 Å². The van der Waals surface area contributed by atoms with Crippen molar-refractivity contribution in [1.29, 1.82) is 0 Å². The van der Waals surface area contributed by atoms with E-state index in [4.69, 9.17) is 12.2 Å². The monoisotopic (exact) mass is 291 g/mol. The van der Waals surface area contributed by atoms with Gasteiger partial charge < -0.3 is 10.3 Å². The van der Waals surface area contributed by atoms with Gasteiger partial charge in [-0.2, -0.15) is 0 Å². The number of aromatic amines is 1. The zero-order valence-electron chi connectivity index (χ0n) is 11.9. The van der Waals surface area contributed by atoms with E-state index in [0.717, 1.165) is 0 Å². The Balaban J connectivity index is 2.55. The lowest BCUT2D eigenvalue weighted by atomic mass is 10.1. The van der Waals surface area contributed by atoms with Crippen LogP contribution >= 0.6 is 12.2 Å². The van der Waals surface area contributed by atoms with Gasteiger partial charge in [0.25, 0.3) is 11.5 Å². The first-order chi connectivity index (χ1) is 9.19. The van der Waals surface area contributed by atoms with Crippen molar-refractivity contribution >= 4 is 29.0 Å². The summed E-state index contributed by atoms with van der Waals surface area (Å²) in [5.74, 6) is -0.181. The summed E-state index contributed by atoms with van der Waals surface area (Å²) in [6.07, 6.45) is 0. The molecule has 1 aromatic heterocycles. The van der Waals surface area contributed by atoms with Gasteiger partial charge in [-0.05, 0) is 51.2 Å². The largest absolute Gasteiger partial charge is 0.347 e. The maximum absolute atomic E-state index is 12.1. The molecule has 0 fully saturated rings. The van der Waals surface area contributed by atoms with Crippen molar-refractivity contribution in [1.82, 2.24) is 14.9 Å². The zero-order chi connectivity index (χ0) is 15.1. The molecule has 20 heavy (non-hydrogen) atoms. The average Bonchev–Trinajstić information content (AvgIpc) is 2.33. The van der Waals surface area contributed by atoms with Crippen LogP contribution in [0.25, 0.3) is 10.9 Å². The smallest absolute Gasteiger partial charge is 0.261 e. The fraction of sp³-hybridized carbons (Fsp3) is 0.357. The number of rotatable bonds is 1. The van der Waals surface area contributed by atoms with E-state index < -0.39 is 0 Å². The molecule has 6 heteroatoms. The van der Waals surface area contributed by atoms with Gasteiger partial charge in [-0.3, -0.25) is 14.2 Å².